The molecule has 2 rings (SSSR count). The summed E-state index contributed by atoms with van der Waals surface area (Å²) < 4.78 is 5.57. The fourth-order valence-corrected chi connectivity index (χ4v) is 2.14. The van der Waals surface area contributed by atoms with Gasteiger partial charge in [0.2, 0.25) is 5.75 Å². The van der Waals surface area contributed by atoms with E-state index in [1.165, 1.54) is 18.2 Å². The van der Waals surface area contributed by atoms with E-state index in [4.69, 9.17) is 33.7 Å². The summed E-state index contributed by atoms with van der Waals surface area (Å²) in [6, 6.07) is 9.26. The van der Waals surface area contributed by atoms with Crippen LogP contribution >= 0.6 is 23.2 Å². The van der Waals surface area contributed by atoms with Gasteiger partial charge < -0.3 is 10.5 Å². The Bertz CT molecular complexity index is 662. The number of nitro groups is 1. The van der Waals surface area contributed by atoms with Crippen LogP contribution in [0.5, 0.6) is 11.5 Å². The minimum Gasteiger partial charge on any atom is -0.448 e. The van der Waals surface area contributed by atoms with Crippen molar-refractivity contribution in [3.8, 4) is 11.5 Å². The Morgan fingerprint density at radius 2 is 1.80 bits per heavy atom. The standard InChI is InChI=1S/C13H10Cl2N2O3/c14-9-3-2-6-12(8(9)7-16)20-13-10(15)4-1-5-11(13)17(18)19/h1-6H,7,16H2. The molecule has 0 radical (unpaired) electrons. The van der Waals surface area contributed by atoms with E-state index in [1.807, 2.05) is 0 Å². The van der Waals surface area contributed by atoms with Gasteiger partial charge in [0.25, 0.3) is 0 Å². The highest BCUT2D eigenvalue weighted by atomic mass is 35.5. The van der Waals surface area contributed by atoms with E-state index in [0.29, 0.717) is 16.3 Å². The lowest BCUT2D eigenvalue weighted by Crippen LogP contribution is -2.01. The van der Waals surface area contributed by atoms with Crippen LogP contribution < -0.4 is 10.5 Å². The first kappa shape index (κ1) is 14.6. The van der Waals surface area contributed by atoms with E-state index in [0.717, 1.165) is 0 Å². The number of hydrogen-bond donors (Lipinski definition) is 1. The van der Waals surface area contributed by atoms with Crippen LogP contribution in [0.3, 0.4) is 0 Å². The summed E-state index contributed by atoms with van der Waals surface area (Å²) in [6.45, 7) is 0.146. The number of nitro benzene ring substituents is 1. The molecule has 0 heterocycles. The number of halogens is 2. The molecule has 0 aromatic heterocycles. The second-order valence-electron chi connectivity index (χ2n) is 3.87. The van der Waals surface area contributed by atoms with Crippen molar-refractivity contribution >= 4 is 28.9 Å². The van der Waals surface area contributed by atoms with Gasteiger partial charge in [-0.05, 0) is 18.2 Å². The smallest absolute Gasteiger partial charge is 0.313 e. The van der Waals surface area contributed by atoms with Gasteiger partial charge >= 0.3 is 5.69 Å². The SMILES string of the molecule is NCc1c(Cl)cccc1Oc1c(Cl)cccc1[N+](=O)[O-]. The Labute approximate surface area is 125 Å². The van der Waals surface area contributed by atoms with E-state index in [1.54, 1.807) is 18.2 Å². The van der Waals surface area contributed by atoms with Gasteiger partial charge in [0.1, 0.15) is 5.75 Å². The Morgan fingerprint density at radius 3 is 2.45 bits per heavy atom. The molecule has 0 fully saturated rings. The third kappa shape index (κ3) is 2.85. The molecular weight excluding hydrogens is 303 g/mol. The number of rotatable bonds is 4. The second-order valence-corrected chi connectivity index (χ2v) is 4.68. The van der Waals surface area contributed by atoms with Crippen LogP contribution in [0.25, 0.3) is 0 Å². The summed E-state index contributed by atoms with van der Waals surface area (Å²) in [7, 11) is 0. The lowest BCUT2D eigenvalue weighted by atomic mass is 10.2. The minimum atomic E-state index is -0.562. The largest absolute Gasteiger partial charge is 0.448 e. The van der Waals surface area contributed by atoms with Crippen molar-refractivity contribution in [2.75, 3.05) is 0 Å². The maximum atomic E-state index is 11.0. The Kier molecular flexibility index (Phi) is 4.44. The number of para-hydroxylation sites is 1. The van der Waals surface area contributed by atoms with E-state index in [-0.39, 0.29) is 23.0 Å². The van der Waals surface area contributed by atoms with Gasteiger partial charge in [0.05, 0.1) is 9.95 Å². The summed E-state index contributed by atoms with van der Waals surface area (Å²) in [5.41, 5.74) is 5.95. The Hall–Kier alpha value is -1.82. The summed E-state index contributed by atoms with van der Waals surface area (Å²) in [6.07, 6.45) is 0. The summed E-state index contributed by atoms with van der Waals surface area (Å²) >= 11 is 12.0. The molecule has 2 N–H and O–H groups in total. The highest BCUT2D eigenvalue weighted by Crippen LogP contribution is 2.39. The summed E-state index contributed by atoms with van der Waals surface area (Å²) in [5.74, 6) is 0.312. The number of nitrogens with zero attached hydrogens (tertiary/aromatic N) is 1. The lowest BCUT2D eigenvalue weighted by Gasteiger charge is -2.12. The number of nitrogens with two attached hydrogens (primary N) is 1. The van der Waals surface area contributed by atoms with Gasteiger partial charge in [-0.25, -0.2) is 0 Å². The van der Waals surface area contributed by atoms with Crippen molar-refractivity contribution in [3.63, 3.8) is 0 Å². The van der Waals surface area contributed by atoms with E-state index < -0.39 is 4.92 Å². The maximum absolute atomic E-state index is 11.0. The predicted molar refractivity (Wildman–Crippen MR) is 77.5 cm³/mol. The van der Waals surface area contributed by atoms with Crippen LogP contribution in [-0.4, -0.2) is 4.92 Å². The summed E-state index contributed by atoms with van der Waals surface area (Å²) in [5, 5.41) is 11.6. The predicted octanol–water partition coefficient (Wildman–Crippen LogP) is 4.15. The highest BCUT2D eigenvalue weighted by Gasteiger charge is 2.20. The lowest BCUT2D eigenvalue weighted by molar-refractivity contribution is -0.385. The highest BCUT2D eigenvalue weighted by molar-refractivity contribution is 6.32. The van der Waals surface area contributed by atoms with Gasteiger partial charge in [-0.15, -0.1) is 0 Å². The Balaban J connectivity index is 2.50. The average Bonchev–Trinajstić information content (AvgIpc) is 2.41. The first-order chi connectivity index (χ1) is 9.54. The van der Waals surface area contributed by atoms with Crippen molar-refractivity contribution in [2.24, 2.45) is 5.73 Å². The van der Waals surface area contributed by atoms with Crippen molar-refractivity contribution in [1.29, 1.82) is 0 Å². The molecule has 0 unspecified atom stereocenters. The Morgan fingerprint density at radius 1 is 1.15 bits per heavy atom. The molecule has 0 amide bonds. The van der Waals surface area contributed by atoms with E-state index in [9.17, 15) is 10.1 Å². The van der Waals surface area contributed by atoms with E-state index in [2.05, 4.69) is 0 Å². The molecule has 5 nitrogen and oxygen atoms in total. The molecular formula is C13H10Cl2N2O3. The zero-order chi connectivity index (χ0) is 14.7. The van der Waals surface area contributed by atoms with Crippen molar-refractivity contribution < 1.29 is 9.66 Å². The van der Waals surface area contributed by atoms with Crippen LogP contribution in [0.1, 0.15) is 5.56 Å². The maximum Gasteiger partial charge on any atom is 0.313 e. The second kappa shape index (κ2) is 6.09. The number of hydrogen-bond acceptors (Lipinski definition) is 4. The molecule has 0 aliphatic heterocycles. The van der Waals surface area contributed by atoms with Crippen LogP contribution in [0.2, 0.25) is 10.0 Å². The third-order valence-electron chi connectivity index (χ3n) is 2.63. The van der Waals surface area contributed by atoms with Crippen LogP contribution in [-0.2, 0) is 6.54 Å². The monoisotopic (exact) mass is 312 g/mol. The normalized spacial score (nSPS) is 10.3. The molecule has 0 atom stereocenters. The van der Waals surface area contributed by atoms with Crippen LogP contribution in [0, 0.1) is 10.1 Å². The fraction of sp³-hybridized carbons (Fsp3) is 0.0769. The molecule has 0 spiro atoms. The molecule has 2 aromatic rings. The van der Waals surface area contributed by atoms with Gasteiger partial charge in [-0.2, -0.15) is 0 Å². The molecule has 0 saturated carbocycles. The average molecular weight is 313 g/mol. The molecule has 0 saturated heterocycles. The molecule has 7 heteroatoms. The number of ether oxygens (including phenoxy) is 1. The first-order valence-corrected chi connectivity index (χ1v) is 6.38. The van der Waals surface area contributed by atoms with Gasteiger partial charge in [-0.1, -0.05) is 35.3 Å². The molecule has 0 bridgehead atoms. The zero-order valence-corrected chi connectivity index (χ0v) is 11.7. The molecule has 104 valence electrons. The molecule has 0 aliphatic rings. The topological polar surface area (TPSA) is 78.4 Å². The molecule has 2 aromatic carbocycles. The van der Waals surface area contributed by atoms with Crippen molar-refractivity contribution in [3.05, 3.63) is 62.1 Å². The van der Waals surface area contributed by atoms with Gasteiger partial charge in [0, 0.05) is 23.2 Å². The fourth-order valence-electron chi connectivity index (χ4n) is 1.68. The first-order valence-electron chi connectivity index (χ1n) is 5.62. The van der Waals surface area contributed by atoms with Crippen LogP contribution in [0.4, 0.5) is 5.69 Å². The quantitative estimate of drug-likeness (QED) is 0.679. The van der Waals surface area contributed by atoms with Gasteiger partial charge in [-0.3, -0.25) is 10.1 Å². The van der Waals surface area contributed by atoms with Crippen molar-refractivity contribution in [2.45, 2.75) is 6.54 Å². The zero-order valence-electron chi connectivity index (χ0n) is 10.2. The molecule has 0 aliphatic carbocycles. The molecule has 20 heavy (non-hydrogen) atoms. The number of benzene rings is 2. The van der Waals surface area contributed by atoms with E-state index >= 15 is 0 Å². The van der Waals surface area contributed by atoms with Crippen molar-refractivity contribution in [1.82, 2.24) is 0 Å². The summed E-state index contributed by atoms with van der Waals surface area (Å²) in [4.78, 5) is 10.4. The minimum absolute atomic E-state index is 0.0314. The van der Waals surface area contributed by atoms with Gasteiger partial charge in [0.15, 0.2) is 0 Å². The third-order valence-corrected chi connectivity index (χ3v) is 3.29. The van der Waals surface area contributed by atoms with Crippen LogP contribution in [0.15, 0.2) is 36.4 Å².